The summed E-state index contributed by atoms with van der Waals surface area (Å²) in [5, 5.41) is 14.3. The second-order valence-corrected chi connectivity index (χ2v) is 6.21. The van der Waals surface area contributed by atoms with E-state index in [-0.39, 0.29) is 12.1 Å². The first-order valence-corrected chi connectivity index (χ1v) is 8.06. The molecule has 1 atom stereocenters. The number of amides is 2. The number of carbonyl (C=O) groups is 1. The molecule has 1 aliphatic carbocycles. The number of ether oxygens (including phenoxy) is 1. The van der Waals surface area contributed by atoms with Gasteiger partial charge in [-0.2, -0.15) is 0 Å². The number of likely N-dealkylation sites (tertiary alicyclic amines) is 1. The molecule has 2 amide bonds. The van der Waals surface area contributed by atoms with Gasteiger partial charge in [0.2, 0.25) is 0 Å². The molecule has 122 valence electrons. The third-order valence-corrected chi connectivity index (χ3v) is 4.55. The molecule has 1 saturated heterocycles. The van der Waals surface area contributed by atoms with Gasteiger partial charge in [0.05, 0.1) is 18.2 Å². The average Bonchev–Trinajstić information content (AvgIpc) is 2.90. The SMILES string of the molecule is CC(NC(=O)N1CCC(OC2CCC2)CC1)c1nnnn1C. The largest absolute Gasteiger partial charge is 0.375 e. The quantitative estimate of drug-likeness (QED) is 0.897. The zero-order valence-corrected chi connectivity index (χ0v) is 13.2. The van der Waals surface area contributed by atoms with Crippen molar-refractivity contribution in [2.45, 2.75) is 57.3 Å². The number of hydrogen-bond acceptors (Lipinski definition) is 5. The van der Waals surface area contributed by atoms with E-state index in [1.165, 1.54) is 19.3 Å². The van der Waals surface area contributed by atoms with Crippen LogP contribution in [0.25, 0.3) is 0 Å². The van der Waals surface area contributed by atoms with E-state index in [1.807, 2.05) is 11.8 Å². The number of aryl methyl sites for hydroxylation is 1. The van der Waals surface area contributed by atoms with Crippen molar-refractivity contribution in [2.75, 3.05) is 13.1 Å². The molecule has 2 fully saturated rings. The van der Waals surface area contributed by atoms with Crippen molar-refractivity contribution in [3.05, 3.63) is 5.82 Å². The lowest BCUT2D eigenvalue weighted by Crippen LogP contribution is -2.47. The molecule has 1 saturated carbocycles. The van der Waals surface area contributed by atoms with E-state index in [0.717, 1.165) is 25.9 Å². The number of nitrogens with zero attached hydrogens (tertiary/aromatic N) is 5. The lowest BCUT2D eigenvalue weighted by Gasteiger charge is -2.36. The topological polar surface area (TPSA) is 85.2 Å². The van der Waals surface area contributed by atoms with Crippen LogP contribution < -0.4 is 5.32 Å². The summed E-state index contributed by atoms with van der Waals surface area (Å²) in [6.07, 6.45) is 6.31. The minimum Gasteiger partial charge on any atom is -0.375 e. The fourth-order valence-corrected chi connectivity index (χ4v) is 2.92. The maximum atomic E-state index is 12.3. The van der Waals surface area contributed by atoms with Gasteiger partial charge in [0, 0.05) is 20.1 Å². The molecule has 1 aromatic heterocycles. The van der Waals surface area contributed by atoms with E-state index in [1.54, 1.807) is 11.7 Å². The van der Waals surface area contributed by atoms with Crippen molar-refractivity contribution in [3.8, 4) is 0 Å². The Bertz CT molecular complexity index is 507. The van der Waals surface area contributed by atoms with Gasteiger partial charge in [0.15, 0.2) is 5.82 Å². The van der Waals surface area contributed by atoms with Gasteiger partial charge in [-0.15, -0.1) is 5.10 Å². The lowest BCUT2D eigenvalue weighted by molar-refractivity contribution is -0.0698. The molecule has 1 aliphatic heterocycles. The lowest BCUT2D eigenvalue weighted by atomic mass is 9.95. The van der Waals surface area contributed by atoms with Crippen molar-refractivity contribution >= 4 is 6.03 Å². The van der Waals surface area contributed by atoms with Crippen molar-refractivity contribution in [3.63, 3.8) is 0 Å². The number of rotatable bonds is 4. The third-order valence-electron chi connectivity index (χ3n) is 4.55. The second-order valence-electron chi connectivity index (χ2n) is 6.21. The summed E-state index contributed by atoms with van der Waals surface area (Å²) in [5.41, 5.74) is 0. The monoisotopic (exact) mass is 308 g/mol. The first kappa shape index (κ1) is 15.2. The van der Waals surface area contributed by atoms with Gasteiger partial charge < -0.3 is 15.0 Å². The zero-order valence-electron chi connectivity index (χ0n) is 13.2. The Kier molecular flexibility index (Phi) is 4.56. The Morgan fingerprint density at radius 2 is 1.95 bits per heavy atom. The van der Waals surface area contributed by atoms with Crippen molar-refractivity contribution in [1.82, 2.24) is 30.4 Å². The molecule has 0 bridgehead atoms. The highest BCUT2D eigenvalue weighted by Crippen LogP contribution is 2.26. The van der Waals surface area contributed by atoms with Gasteiger partial charge in [0.1, 0.15) is 0 Å². The van der Waals surface area contributed by atoms with Crippen LogP contribution in [0.15, 0.2) is 0 Å². The Balaban J connectivity index is 1.44. The van der Waals surface area contributed by atoms with Gasteiger partial charge in [-0.25, -0.2) is 9.48 Å². The summed E-state index contributed by atoms with van der Waals surface area (Å²) in [7, 11) is 1.77. The van der Waals surface area contributed by atoms with Gasteiger partial charge in [-0.3, -0.25) is 0 Å². The maximum Gasteiger partial charge on any atom is 0.317 e. The number of tetrazole rings is 1. The summed E-state index contributed by atoms with van der Waals surface area (Å²) in [5.74, 6) is 0.650. The van der Waals surface area contributed by atoms with E-state index < -0.39 is 0 Å². The number of urea groups is 1. The van der Waals surface area contributed by atoms with Crippen molar-refractivity contribution in [1.29, 1.82) is 0 Å². The Morgan fingerprint density at radius 1 is 1.27 bits per heavy atom. The number of hydrogen-bond donors (Lipinski definition) is 1. The van der Waals surface area contributed by atoms with Gasteiger partial charge in [-0.1, -0.05) is 0 Å². The predicted molar refractivity (Wildman–Crippen MR) is 79.1 cm³/mol. The molecular formula is C14H24N6O2. The van der Waals surface area contributed by atoms with E-state index in [4.69, 9.17) is 4.74 Å². The van der Waals surface area contributed by atoms with Crippen molar-refractivity contribution < 1.29 is 9.53 Å². The molecule has 2 aliphatic rings. The third kappa shape index (κ3) is 3.37. The first-order chi connectivity index (χ1) is 10.6. The second kappa shape index (κ2) is 6.60. The first-order valence-electron chi connectivity index (χ1n) is 8.06. The summed E-state index contributed by atoms with van der Waals surface area (Å²) in [4.78, 5) is 14.2. The molecule has 1 unspecified atom stereocenters. The molecular weight excluding hydrogens is 284 g/mol. The molecule has 3 rings (SSSR count). The highest BCUT2D eigenvalue weighted by atomic mass is 16.5. The summed E-state index contributed by atoms with van der Waals surface area (Å²) < 4.78 is 7.60. The van der Waals surface area contributed by atoms with Crippen molar-refractivity contribution in [2.24, 2.45) is 7.05 Å². The summed E-state index contributed by atoms with van der Waals surface area (Å²) >= 11 is 0. The smallest absolute Gasteiger partial charge is 0.317 e. The fraction of sp³-hybridized carbons (Fsp3) is 0.857. The maximum absolute atomic E-state index is 12.3. The molecule has 1 N–H and O–H groups in total. The highest BCUT2D eigenvalue weighted by Gasteiger charge is 2.28. The van der Waals surface area contributed by atoms with Crippen LogP contribution in [-0.4, -0.2) is 56.4 Å². The number of nitrogens with one attached hydrogen (secondary N) is 1. The highest BCUT2D eigenvalue weighted by molar-refractivity contribution is 5.74. The van der Waals surface area contributed by atoms with Crippen LogP contribution in [0.2, 0.25) is 0 Å². The van der Waals surface area contributed by atoms with Gasteiger partial charge in [0.25, 0.3) is 0 Å². The number of aromatic nitrogens is 4. The number of carbonyl (C=O) groups excluding carboxylic acids is 1. The molecule has 1 aromatic rings. The Labute approximate surface area is 130 Å². The molecule has 0 radical (unpaired) electrons. The molecule has 22 heavy (non-hydrogen) atoms. The standard InChI is InChI=1S/C14H24N6O2/c1-10(13-16-17-18-19(13)2)15-14(21)20-8-6-12(7-9-20)22-11-4-3-5-11/h10-12H,3-9H2,1-2H3,(H,15,21). The van der Waals surface area contributed by atoms with Gasteiger partial charge in [-0.05, 0) is 49.5 Å². The minimum absolute atomic E-state index is 0.0578. The van der Waals surface area contributed by atoms with Crippen LogP contribution in [0, 0.1) is 0 Å². The normalized spacial score (nSPS) is 21.5. The zero-order chi connectivity index (χ0) is 15.5. The molecule has 8 heteroatoms. The van der Waals surface area contributed by atoms with Crippen LogP contribution in [0.3, 0.4) is 0 Å². The molecule has 0 spiro atoms. The van der Waals surface area contributed by atoms with Crippen LogP contribution in [0.5, 0.6) is 0 Å². The van der Waals surface area contributed by atoms with Crippen LogP contribution in [0.4, 0.5) is 4.79 Å². The Morgan fingerprint density at radius 3 is 2.50 bits per heavy atom. The van der Waals surface area contributed by atoms with E-state index in [0.29, 0.717) is 18.0 Å². The summed E-state index contributed by atoms with van der Waals surface area (Å²) in [6, 6.07) is -0.269. The van der Waals surface area contributed by atoms with Crippen LogP contribution >= 0.6 is 0 Å². The van der Waals surface area contributed by atoms with Crippen LogP contribution in [-0.2, 0) is 11.8 Å². The molecule has 0 aromatic carbocycles. The molecule has 2 heterocycles. The Hall–Kier alpha value is -1.70. The summed E-state index contributed by atoms with van der Waals surface area (Å²) in [6.45, 7) is 3.37. The predicted octanol–water partition coefficient (Wildman–Crippen LogP) is 1.01. The van der Waals surface area contributed by atoms with E-state index in [9.17, 15) is 4.79 Å². The average molecular weight is 308 g/mol. The molecule has 8 nitrogen and oxygen atoms in total. The fourth-order valence-electron chi connectivity index (χ4n) is 2.92. The number of piperidine rings is 1. The van der Waals surface area contributed by atoms with E-state index in [2.05, 4.69) is 20.8 Å². The van der Waals surface area contributed by atoms with Crippen LogP contribution in [0.1, 0.15) is 50.9 Å². The minimum atomic E-state index is -0.212. The van der Waals surface area contributed by atoms with Gasteiger partial charge >= 0.3 is 6.03 Å². The van der Waals surface area contributed by atoms with E-state index >= 15 is 0 Å².